The number of likely N-dealkylation sites (N-methyl/N-ethyl adjacent to an activating group) is 1. The first-order chi connectivity index (χ1) is 16.5. The van der Waals surface area contributed by atoms with Crippen molar-refractivity contribution in [3.63, 3.8) is 0 Å². The number of amides is 1. The van der Waals surface area contributed by atoms with Crippen LogP contribution in [0.1, 0.15) is 45.6 Å². The number of nitrogens with zero attached hydrogens (tertiary/aromatic N) is 5. The third-order valence-corrected chi connectivity index (χ3v) is 8.10. The summed E-state index contributed by atoms with van der Waals surface area (Å²) in [6, 6.07) is 12.5. The average molecular weight is 516 g/mol. The molecule has 4 rings (SSSR count). The van der Waals surface area contributed by atoms with Crippen LogP contribution in [0.2, 0.25) is 5.15 Å². The van der Waals surface area contributed by atoms with Gasteiger partial charge in [-0.3, -0.25) is 4.79 Å². The van der Waals surface area contributed by atoms with Gasteiger partial charge < -0.3 is 14.7 Å². The number of likely N-dealkylation sites (tertiary alicyclic amines) is 1. The van der Waals surface area contributed by atoms with E-state index in [0.29, 0.717) is 27.5 Å². The molecule has 0 spiro atoms. The molecule has 2 atom stereocenters. The monoisotopic (exact) mass is 515 g/mol. The highest BCUT2D eigenvalue weighted by molar-refractivity contribution is 7.99. The molecule has 1 saturated carbocycles. The van der Waals surface area contributed by atoms with E-state index in [1.54, 1.807) is 0 Å². The van der Waals surface area contributed by atoms with E-state index in [1.165, 1.54) is 23.7 Å². The first-order valence-corrected chi connectivity index (χ1v) is 13.8. The van der Waals surface area contributed by atoms with Crippen LogP contribution in [0, 0.1) is 10.8 Å². The Balaban J connectivity index is 1.45. The van der Waals surface area contributed by atoms with Crippen LogP contribution >= 0.6 is 23.4 Å². The van der Waals surface area contributed by atoms with Gasteiger partial charge in [0.1, 0.15) is 11.0 Å². The molecule has 1 amide bonds. The molecule has 1 aromatic heterocycles. The maximum absolute atomic E-state index is 13.2. The summed E-state index contributed by atoms with van der Waals surface area (Å²) in [6.07, 6.45) is 3.38. The van der Waals surface area contributed by atoms with Crippen LogP contribution in [0.3, 0.4) is 0 Å². The van der Waals surface area contributed by atoms with Gasteiger partial charge in [0.05, 0.1) is 5.75 Å². The Morgan fingerprint density at radius 3 is 2.60 bits per heavy atom. The fourth-order valence-electron chi connectivity index (χ4n) is 5.97. The van der Waals surface area contributed by atoms with E-state index in [1.807, 2.05) is 24.3 Å². The fraction of sp³-hybridized carbons (Fsp3) is 0.593. The maximum Gasteiger partial charge on any atom is 0.233 e. The van der Waals surface area contributed by atoms with Gasteiger partial charge in [-0.1, -0.05) is 74.5 Å². The number of carbonyl (C=O) groups is 1. The third-order valence-electron chi connectivity index (χ3n) is 7.08. The van der Waals surface area contributed by atoms with Gasteiger partial charge in [0.15, 0.2) is 5.16 Å². The van der Waals surface area contributed by atoms with E-state index in [-0.39, 0.29) is 11.3 Å². The molecule has 2 aliphatic rings. The van der Waals surface area contributed by atoms with E-state index < -0.39 is 0 Å². The first-order valence-electron chi connectivity index (χ1n) is 12.4. The van der Waals surface area contributed by atoms with E-state index in [9.17, 15) is 4.79 Å². The first kappa shape index (κ1) is 26.2. The molecule has 2 bridgehead atoms. The number of carbonyl (C=O) groups excluding carboxylic acids is 1. The lowest BCUT2D eigenvalue weighted by atomic mass is 9.65. The minimum Gasteiger partial charge on any atom is -0.351 e. The fourth-order valence-corrected chi connectivity index (χ4v) is 6.94. The van der Waals surface area contributed by atoms with E-state index in [2.05, 4.69) is 66.7 Å². The lowest BCUT2D eigenvalue weighted by Gasteiger charge is -2.39. The Labute approximate surface area is 219 Å². The minimum absolute atomic E-state index is 0.181. The molecule has 1 saturated heterocycles. The second-order valence-corrected chi connectivity index (χ2v) is 12.9. The molecule has 2 heterocycles. The molecule has 2 fully saturated rings. The predicted molar refractivity (Wildman–Crippen MR) is 145 cm³/mol. The minimum atomic E-state index is 0.181. The highest BCUT2D eigenvalue weighted by Crippen LogP contribution is 2.52. The van der Waals surface area contributed by atoms with Gasteiger partial charge in [-0.2, -0.15) is 0 Å². The summed E-state index contributed by atoms with van der Waals surface area (Å²) >= 11 is 7.82. The number of fused-ring (bicyclic) bond motifs is 2. The van der Waals surface area contributed by atoms with Crippen LogP contribution in [0.25, 0.3) is 0 Å². The molecule has 1 aliphatic carbocycles. The highest BCUT2D eigenvalue weighted by Gasteiger charge is 2.50. The molecule has 8 heteroatoms. The third kappa shape index (κ3) is 6.89. The summed E-state index contributed by atoms with van der Waals surface area (Å²) in [4.78, 5) is 29.0. The summed E-state index contributed by atoms with van der Waals surface area (Å²) in [6.45, 7) is 10.3. The van der Waals surface area contributed by atoms with Crippen LogP contribution < -0.4 is 4.90 Å². The van der Waals surface area contributed by atoms with Gasteiger partial charge >= 0.3 is 0 Å². The van der Waals surface area contributed by atoms with Crippen molar-refractivity contribution in [1.29, 1.82) is 0 Å². The van der Waals surface area contributed by atoms with Crippen molar-refractivity contribution in [3.05, 3.63) is 47.1 Å². The summed E-state index contributed by atoms with van der Waals surface area (Å²) in [5.74, 6) is 1.31. The smallest absolute Gasteiger partial charge is 0.233 e. The summed E-state index contributed by atoms with van der Waals surface area (Å²) in [5, 5.41) is 0.955. The van der Waals surface area contributed by atoms with E-state index >= 15 is 0 Å². The van der Waals surface area contributed by atoms with Crippen molar-refractivity contribution >= 4 is 35.1 Å². The van der Waals surface area contributed by atoms with E-state index in [0.717, 1.165) is 44.8 Å². The molecule has 0 radical (unpaired) electrons. The molecule has 1 aromatic carbocycles. The van der Waals surface area contributed by atoms with Gasteiger partial charge in [0, 0.05) is 38.3 Å². The summed E-state index contributed by atoms with van der Waals surface area (Å²) < 4.78 is 0. The van der Waals surface area contributed by atoms with Crippen molar-refractivity contribution < 1.29 is 4.79 Å². The number of aromatic nitrogens is 2. The number of rotatable bonds is 9. The Bertz CT molecular complexity index is 1030. The molecule has 2 aromatic rings. The molecule has 1 aliphatic heterocycles. The molecular formula is C27H38ClN5OS. The molecule has 190 valence electrons. The number of hydrogen-bond acceptors (Lipinski definition) is 6. The van der Waals surface area contributed by atoms with E-state index in [4.69, 9.17) is 16.6 Å². The Morgan fingerprint density at radius 2 is 1.89 bits per heavy atom. The Kier molecular flexibility index (Phi) is 7.99. The largest absolute Gasteiger partial charge is 0.351 e. The zero-order valence-electron chi connectivity index (χ0n) is 21.6. The molecule has 35 heavy (non-hydrogen) atoms. The zero-order valence-corrected chi connectivity index (χ0v) is 23.2. The number of anilines is 1. The number of benzene rings is 1. The standard InChI is InChI=1S/C27H38ClN5OS/c1-26(2)14-21-15-27(3,18-26)19-33(21)24(34)17-35-25-29-22(28)13-23(30-25)32(12-11-31(4)5)16-20-9-7-6-8-10-20/h6-10,13,21H,11-12,14-19H2,1-5H3. The van der Waals surface area contributed by atoms with Crippen LogP contribution in [0.5, 0.6) is 0 Å². The normalized spacial score (nSPS) is 23.1. The zero-order chi connectivity index (χ0) is 25.2. The van der Waals surface area contributed by atoms with Gasteiger partial charge in [-0.15, -0.1) is 0 Å². The number of hydrogen-bond donors (Lipinski definition) is 0. The van der Waals surface area contributed by atoms with Crippen LogP contribution in [0.4, 0.5) is 5.82 Å². The van der Waals surface area contributed by atoms with Crippen molar-refractivity contribution in [3.8, 4) is 0 Å². The van der Waals surface area contributed by atoms with Crippen LogP contribution in [0.15, 0.2) is 41.6 Å². The molecular weight excluding hydrogens is 478 g/mol. The average Bonchev–Trinajstić information content (AvgIpc) is 3.03. The lowest BCUT2D eigenvalue weighted by Crippen LogP contribution is -2.38. The lowest BCUT2D eigenvalue weighted by molar-refractivity contribution is -0.129. The number of halogens is 1. The quantitative estimate of drug-likeness (QED) is 0.259. The Morgan fingerprint density at radius 1 is 1.14 bits per heavy atom. The number of thioether (sulfide) groups is 1. The van der Waals surface area contributed by atoms with Crippen molar-refractivity contribution in [1.82, 2.24) is 19.8 Å². The maximum atomic E-state index is 13.2. The van der Waals surface area contributed by atoms with Gasteiger partial charge in [-0.25, -0.2) is 9.97 Å². The second-order valence-electron chi connectivity index (χ2n) is 11.6. The predicted octanol–water partition coefficient (Wildman–Crippen LogP) is 5.22. The highest BCUT2D eigenvalue weighted by atomic mass is 35.5. The summed E-state index contributed by atoms with van der Waals surface area (Å²) in [7, 11) is 4.13. The van der Waals surface area contributed by atoms with Gasteiger partial charge in [-0.05, 0) is 49.8 Å². The molecule has 0 N–H and O–H groups in total. The molecule has 2 unspecified atom stereocenters. The Hall–Kier alpha value is -1.83. The van der Waals surface area contributed by atoms with Crippen molar-refractivity contribution in [2.45, 2.75) is 57.8 Å². The second kappa shape index (κ2) is 10.7. The summed E-state index contributed by atoms with van der Waals surface area (Å²) in [5.41, 5.74) is 1.73. The van der Waals surface area contributed by atoms with Crippen LogP contribution in [-0.4, -0.2) is 71.2 Å². The molecule has 6 nitrogen and oxygen atoms in total. The van der Waals surface area contributed by atoms with Crippen molar-refractivity contribution in [2.75, 3.05) is 44.4 Å². The van der Waals surface area contributed by atoms with Gasteiger partial charge in [0.25, 0.3) is 0 Å². The van der Waals surface area contributed by atoms with Gasteiger partial charge in [0.2, 0.25) is 5.91 Å². The topological polar surface area (TPSA) is 52.6 Å². The SMILES string of the molecule is CN(C)CCN(Cc1ccccc1)c1cc(Cl)nc(SCC(=O)N2CC3(C)CC2CC(C)(C)C3)n1. The van der Waals surface area contributed by atoms with Crippen LogP contribution in [-0.2, 0) is 11.3 Å². The van der Waals surface area contributed by atoms with Crippen molar-refractivity contribution in [2.24, 2.45) is 10.8 Å².